The summed E-state index contributed by atoms with van der Waals surface area (Å²) in [5.41, 5.74) is 4.10. The summed E-state index contributed by atoms with van der Waals surface area (Å²) in [5, 5.41) is 1.86. The predicted molar refractivity (Wildman–Crippen MR) is 114 cm³/mol. The van der Waals surface area contributed by atoms with Crippen LogP contribution in [0, 0.1) is 6.92 Å². The molecule has 0 saturated heterocycles. The van der Waals surface area contributed by atoms with Gasteiger partial charge in [-0.2, -0.15) is 0 Å². The molecule has 6 heteroatoms. The molecule has 0 atom stereocenters. The number of aromatic amines is 1. The number of aryl methyl sites for hydroxylation is 1. The Morgan fingerprint density at radius 3 is 2.53 bits per heavy atom. The maximum Gasteiger partial charge on any atom is 0.340 e. The number of benzene rings is 2. The fourth-order valence-corrected chi connectivity index (χ4v) is 3.65. The molecule has 0 aliphatic heterocycles. The molecule has 0 bridgehead atoms. The predicted octanol–water partition coefficient (Wildman–Crippen LogP) is 4.49. The van der Waals surface area contributed by atoms with E-state index in [4.69, 9.17) is 9.47 Å². The van der Waals surface area contributed by atoms with Crippen LogP contribution in [-0.2, 0) is 27.3 Å². The van der Waals surface area contributed by atoms with Gasteiger partial charge in [0.15, 0.2) is 0 Å². The standard InChI is InChI=1S/C24H22N2O4/c1-3-29-24(28)23-15(2)17-8-4-7-11-20(17)26-21(23)14-30-22(27)12-16-13-25-19-10-6-5-9-18(16)19/h4-11,13,25H,3,12,14H2,1-2H3. The lowest BCUT2D eigenvalue weighted by Crippen LogP contribution is -2.15. The van der Waals surface area contributed by atoms with Crippen LogP contribution in [0.1, 0.15) is 34.1 Å². The Hall–Kier alpha value is -3.67. The Balaban J connectivity index is 1.58. The molecule has 0 amide bonds. The molecule has 0 spiro atoms. The van der Waals surface area contributed by atoms with Crippen molar-refractivity contribution in [2.75, 3.05) is 6.61 Å². The van der Waals surface area contributed by atoms with Gasteiger partial charge >= 0.3 is 11.9 Å². The average Bonchev–Trinajstić information content (AvgIpc) is 3.15. The van der Waals surface area contributed by atoms with Gasteiger partial charge in [0.2, 0.25) is 0 Å². The molecule has 0 unspecified atom stereocenters. The molecule has 2 heterocycles. The third-order valence-corrected chi connectivity index (χ3v) is 5.09. The molecule has 152 valence electrons. The van der Waals surface area contributed by atoms with Crippen molar-refractivity contribution in [3.05, 3.63) is 77.1 Å². The van der Waals surface area contributed by atoms with Crippen LogP contribution in [-0.4, -0.2) is 28.5 Å². The van der Waals surface area contributed by atoms with E-state index >= 15 is 0 Å². The van der Waals surface area contributed by atoms with Gasteiger partial charge in [-0.1, -0.05) is 36.4 Å². The van der Waals surface area contributed by atoms with Gasteiger partial charge in [0.05, 0.1) is 29.8 Å². The highest BCUT2D eigenvalue weighted by Crippen LogP contribution is 2.25. The number of pyridine rings is 1. The first-order valence-corrected chi connectivity index (χ1v) is 9.84. The van der Waals surface area contributed by atoms with E-state index in [1.165, 1.54) is 0 Å². The minimum Gasteiger partial charge on any atom is -0.462 e. The Morgan fingerprint density at radius 1 is 1.00 bits per heavy atom. The smallest absolute Gasteiger partial charge is 0.340 e. The molecule has 0 aliphatic rings. The summed E-state index contributed by atoms with van der Waals surface area (Å²) in [6, 6.07) is 15.3. The van der Waals surface area contributed by atoms with Crippen LogP contribution >= 0.6 is 0 Å². The van der Waals surface area contributed by atoms with Gasteiger partial charge in [0.1, 0.15) is 6.61 Å². The summed E-state index contributed by atoms with van der Waals surface area (Å²) in [7, 11) is 0. The summed E-state index contributed by atoms with van der Waals surface area (Å²) >= 11 is 0. The molecular formula is C24H22N2O4. The van der Waals surface area contributed by atoms with Crippen molar-refractivity contribution in [2.45, 2.75) is 26.9 Å². The molecule has 6 nitrogen and oxygen atoms in total. The molecule has 0 aliphatic carbocycles. The van der Waals surface area contributed by atoms with E-state index in [-0.39, 0.29) is 25.6 Å². The molecule has 0 fully saturated rings. The van der Waals surface area contributed by atoms with E-state index in [1.807, 2.05) is 61.7 Å². The first-order chi connectivity index (χ1) is 14.6. The largest absolute Gasteiger partial charge is 0.462 e. The first kappa shape index (κ1) is 19.6. The maximum atomic E-state index is 12.6. The highest BCUT2D eigenvalue weighted by molar-refractivity contribution is 5.98. The van der Waals surface area contributed by atoms with Gasteiger partial charge < -0.3 is 14.5 Å². The molecule has 1 N–H and O–H groups in total. The van der Waals surface area contributed by atoms with Crippen molar-refractivity contribution >= 4 is 33.7 Å². The zero-order valence-electron chi connectivity index (χ0n) is 16.9. The lowest BCUT2D eigenvalue weighted by molar-refractivity contribution is -0.144. The zero-order chi connectivity index (χ0) is 21.1. The van der Waals surface area contributed by atoms with Crippen molar-refractivity contribution in [3.8, 4) is 0 Å². The summed E-state index contributed by atoms with van der Waals surface area (Å²) < 4.78 is 10.7. The fraction of sp³-hybridized carbons (Fsp3) is 0.208. The summed E-state index contributed by atoms with van der Waals surface area (Å²) in [6.07, 6.45) is 1.94. The maximum absolute atomic E-state index is 12.6. The highest BCUT2D eigenvalue weighted by atomic mass is 16.5. The summed E-state index contributed by atoms with van der Waals surface area (Å²) in [4.78, 5) is 32.8. The highest BCUT2D eigenvalue weighted by Gasteiger charge is 2.21. The second kappa shape index (κ2) is 8.37. The van der Waals surface area contributed by atoms with Gasteiger partial charge in [0, 0.05) is 22.5 Å². The quantitative estimate of drug-likeness (QED) is 0.481. The summed E-state index contributed by atoms with van der Waals surface area (Å²) in [5.74, 6) is -0.849. The van der Waals surface area contributed by atoms with Crippen molar-refractivity contribution in [1.29, 1.82) is 0 Å². The average molecular weight is 402 g/mol. The number of fused-ring (bicyclic) bond motifs is 2. The number of rotatable bonds is 6. The van der Waals surface area contributed by atoms with Crippen LogP contribution in [0.4, 0.5) is 0 Å². The van der Waals surface area contributed by atoms with Gasteiger partial charge in [-0.15, -0.1) is 0 Å². The monoisotopic (exact) mass is 402 g/mol. The zero-order valence-corrected chi connectivity index (χ0v) is 16.9. The number of hydrogen-bond donors (Lipinski definition) is 1. The number of nitrogens with zero attached hydrogens (tertiary/aromatic N) is 1. The van der Waals surface area contributed by atoms with Crippen LogP contribution in [0.15, 0.2) is 54.7 Å². The molecule has 2 aromatic carbocycles. The van der Waals surface area contributed by atoms with Crippen molar-refractivity contribution in [1.82, 2.24) is 9.97 Å². The lowest BCUT2D eigenvalue weighted by Gasteiger charge is -2.14. The molecule has 30 heavy (non-hydrogen) atoms. The topological polar surface area (TPSA) is 81.3 Å². The van der Waals surface area contributed by atoms with Crippen molar-refractivity contribution in [2.24, 2.45) is 0 Å². The van der Waals surface area contributed by atoms with E-state index < -0.39 is 5.97 Å². The number of nitrogens with one attached hydrogen (secondary N) is 1. The Morgan fingerprint density at radius 2 is 1.73 bits per heavy atom. The van der Waals surface area contributed by atoms with Gasteiger partial charge in [-0.3, -0.25) is 4.79 Å². The van der Waals surface area contributed by atoms with E-state index in [9.17, 15) is 9.59 Å². The number of carbonyl (C=O) groups excluding carboxylic acids is 2. The van der Waals surface area contributed by atoms with E-state index in [0.717, 1.165) is 32.9 Å². The molecule has 4 rings (SSSR count). The van der Waals surface area contributed by atoms with Gasteiger partial charge in [0.25, 0.3) is 0 Å². The van der Waals surface area contributed by atoms with Crippen molar-refractivity contribution < 1.29 is 19.1 Å². The van der Waals surface area contributed by atoms with Gasteiger partial charge in [-0.25, -0.2) is 9.78 Å². The Kier molecular flexibility index (Phi) is 5.48. The molecule has 0 radical (unpaired) electrons. The van der Waals surface area contributed by atoms with E-state index in [0.29, 0.717) is 11.3 Å². The SMILES string of the molecule is CCOC(=O)c1c(COC(=O)Cc2c[nH]c3ccccc23)nc2ccccc2c1C. The second-order valence-electron chi connectivity index (χ2n) is 6.99. The van der Waals surface area contributed by atoms with Crippen LogP contribution in [0.25, 0.3) is 21.8 Å². The molecule has 2 aromatic heterocycles. The van der Waals surface area contributed by atoms with Crippen LogP contribution in [0.3, 0.4) is 0 Å². The minimum atomic E-state index is -0.462. The Bertz CT molecular complexity index is 1240. The normalized spacial score (nSPS) is 11.0. The number of aromatic nitrogens is 2. The van der Waals surface area contributed by atoms with Crippen LogP contribution in [0.5, 0.6) is 0 Å². The number of H-pyrrole nitrogens is 1. The summed E-state index contributed by atoms with van der Waals surface area (Å²) in [6.45, 7) is 3.77. The first-order valence-electron chi connectivity index (χ1n) is 9.84. The third-order valence-electron chi connectivity index (χ3n) is 5.09. The number of hydrogen-bond acceptors (Lipinski definition) is 5. The molecule has 0 saturated carbocycles. The molecular weight excluding hydrogens is 380 g/mol. The van der Waals surface area contributed by atoms with Crippen LogP contribution < -0.4 is 0 Å². The van der Waals surface area contributed by atoms with Gasteiger partial charge in [-0.05, 0) is 37.1 Å². The fourth-order valence-electron chi connectivity index (χ4n) is 3.65. The minimum absolute atomic E-state index is 0.0962. The lowest BCUT2D eigenvalue weighted by atomic mass is 10.0. The van der Waals surface area contributed by atoms with E-state index in [1.54, 1.807) is 6.92 Å². The number of ether oxygens (including phenoxy) is 2. The van der Waals surface area contributed by atoms with E-state index in [2.05, 4.69) is 9.97 Å². The number of esters is 2. The molecule has 4 aromatic rings. The number of para-hydroxylation sites is 2. The van der Waals surface area contributed by atoms with Crippen molar-refractivity contribution in [3.63, 3.8) is 0 Å². The Labute approximate surface area is 173 Å². The number of carbonyl (C=O) groups is 2. The van der Waals surface area contributed by atoms with Crippen LogP contribution in [0.2, 0.25) is 0 Å². The second-order valence-corrected chi connectivity index (χ2v) is 6.99. The third kappa shape index (κ3) is 3.76.